The maximum Gasteiger partial charge on any atom is 0.371 e. The number of carbonyl (C=O) groups is 1. The van der Waals surface area contributed by atoms with Gasteiger partial charge in [0.05, 0.1) is 13.2 Å². The van der Waals surface area contributed by atoms with Crippen LogP contribution in [0.4, 0.5) is 0 Å². The Kier molecular flexibility index (Phi) is 2.05. The Balaban J connectivity index is 1.80. The molecule has 0 aliphatic carbocycles. The molecule has 0 bridgehead atoms. The molecule has 1 aliphatic rings. The van der Waals surface area contributed by atoms with E-state index in [-0.39, 0.29) is 6.10 Å². The molecule has 1 rings (SSSR count). The summed E-state index contributed by atoms with van der Waals surface area (Å²) in [5, 5.41) is 0. The average molecular weight is 113 g/mol. The van der Waals surface area contributed by atoms with E-state index in [0.29, 0.717) is 12.8 Å². The standard InChI is InChI=1S/C4H6BO3/c6-3-5-8-2-4-1-7-4/h3-4H,1-2H2. The van der Waals surface area contributed by atoms with Gasteiger partial charge in [-0.05, 0) is 0 Å². The molecule has 0 amide bonds. The van der Waals surface area contributed by atoms with Crippen LogP contribution < -0.4 is 0 Å². The first-order valence-electron chi connectivity index (χ1n) is 2.43. The van der Waals surface area contributed by atoms with E-state index in [0.717, 1.165) is 14.1 Å². The fourth-order valence-electron chi connectivity index (χ4n) is 0.366. The van der Waals surface area contributed by atoms with E-state index in [4.69, 9.17) is 4.74 Å². The number of ether oxygens (including phenoxy) is 1. The van der Waals surface area contributed by atoms with Crippen LogP contribution in [-0.4, -0.2) is 33.0 Å². The molecular weight excluding hydrogens is 107 g/mol. The van der Waals surface area contributed by atoms with Gasteiger partial charge in [0, 0.05) is 0 Å². The molecule has 43 valence electrons. The lowest BCUT2D eigenvalue weighted by atomic mass is 10.1. The first kappa shape index (κ1) is 5.79. The maximum absolute atomic E-state index is 9.59. The fourth-order valence-corrected chi connectivity index (χ4v) is 0.366. The van der Waals surface area contributed by atoms with E-state index in [2.05, 4.69) is 4.65 Å². The molecule has 0 aromatic carbocycles. The van der Waals surface area contributed by atoms with Crippen molar-refractivity contribution in [1.29, 1.82) is 0 Å². The summed E-state index contributed by atoms with van der Waals surface area (Å²) in [7, 11) is 1.13. The summed E-state index contributed by atoms with van der Waals surface area (Å²) in [6.45, 7) is 1.28. The van der Waals surface area contributed by atoms with Gasteiger partial charge in [-0.3, -0.25) is 0 Å². The topological polar surface area (TPSA) is 38.8 Å². The SMILES string of the molecule is O=C[B]OCC1CO1. The molecule has 1 heterocycles. The summed E-state index contributed by atoms with van der Waals surface area (Å²) >= 11 is 0. The van der Waals surface area contributed by atoms with Crippen LogP contribution >= 0.6 is 0 Å². The van der Waals surface area contributed by atoms with E-state index in [1.807, 2.05) is 0 Å². The predicted molar refractivity (Wildman–Crippen MR) is 28.2 cm³/mol. The van der Waals surface area contributed by atoms with Crippen molar-refractivity contribution in [1.82, 2.24) is 0 Å². The van der Waals surface area contributed by atoms with Crippen LogP contribution in [-0.2, 0) is 14.2 Å². The van der Waals surface area contributed by atoms with Gasteiger partial charge >= 0.3 is 7.48 Å². The second kappa shape index (κ2) is 2.84. The second-order valence-corrected chi connectivity index (χ2v) is 1.56. The van der Waals surface area contributed by atoms with Crippen molar-refractivity contribution in [3.63, 3.8) is 0 Å². The molecule has 0 aromatic rings. The van der Waals surface area contributed by atoms with Crippen molar-refractivity contribution in [2.24, 2.45) is 0 Å². The normalized spacial score (nSPS) is 24.8. The average Bonchev–Trinajstić information content (AvgIpc) is 2.51. The highest BCUT2D eigenvalue weighted by Crippen LogP contribution is 2.07. The molecule has 1 fully saturated rings. The number of hydrogen-bond donors (Lipinski definition) is 0. The van der Waals surface area contributed by atoms with Crippen molar-refractivity contribution < 1.29 is 14.2 Å². The highest BCUT2D eigenvalue weighted by atomic mass is 16.6. The Labute approximate surface area is 48.2 Å². The van der Waals surface area contributed by atoms with Gasteiger partial charge in [-0.25, -0.2) is 0 Å². The molecule has 1 unspecified atom stereocenters. The van der Waals surface area contributed by atoms with Gasteiger partial charge < -0.3 is 14.2 Å². The van der Waals surface area contributed by atoms with Crippen LogP contribution in [0, 0.1) is 0 Å². The van der Waals surface area contributed by atoms with Crippen molar-refractivity contribution in [3.05, 3.63) is 0 Å². The molecule has 0 aromatic heterocycles. The molecular formula is C4H6BO3. The van der Waals surface area contributed by atoms with E-state index < -0.39 is 0 Å². The fraction of sp³-hybridized carbons (Fsp3) is 0.750. The zero-order valence-corrected chi connectivity index (χ0v) is 4.37. The lowest BCUT2D eigenvalue weighted by Gasteiger charge is -1.89. The Morgan fingerprint density at radius 2 is 2.75 bits per heavy atom. The first-order chi connectivity index (χ1) is 3.93. The zero-order chi connectivity index (χ0) is 5.82. The maximum atomic E-state index is 9.59. The third kappa shape index (κ3) is 2.09. The lowest BCUT2D eigenvalue weighted by molar-refractivity contribution is 0.277. The molecule has 0 spiro atoms. The molecule has 8 heavy (non-hydrogen) atoms. The van der Waals surface area contributed by atoms with Gasteiger partial charge in [-0.1, -0.05) is 0 Å². The Bertz CT molecular complexity index is 81.4. The van der Waals surface area contributed by atoms with Crippen LogP contribution in [0.25, 0.3) is 0 Å². The summed E-state index contributed by atoms with van der Waals surface area (Å²) in [5.74, 6) is 0. The minimum absolute atomic E-state index is 0.242. The van der Waals surface area contributed by atoms with Gasteiger partial charge in [0.25, 0.3) is 0 Å². The monoisotopic (exact) mass is 113 g/mol. The number of rotatable bonds is 4. The van der Waals surface area contributed by atoms with Crippen molar-refractivity contribution in [3.8, 4) is 0 Å². The summed E-state index contributed by atoms with van der Waals surface area (Å²) in [4.78, 5) is 9.59. The molecule has 1 atom stereocenters. The predicted octanol–water partition coefficient (Wildman–Crippen LogP) is -0.789. The van der Waals surface area contributed by atoms with Crippen LogP contribution in [0.15, 0.2) is 0 Å². The van der Waals surface area contributed by atoms with Crippen molar-refractivity contribution in [2.75, 3.05) is 13.2 Å². The molecule has 3 nitrogen and oxygen atoms in total. The molecule has 4 heteroatoms. The summed E-state index contributed by atoms with van der Waals surface area (Å²) in [6, 6.07) is 0. The minimum atomic E-state index is 0.242. The highest BCUT2D eigenvalue weighted by molar-refractivity contribution is 6.61. The highest BCUT2D eigenvalue weighted by Gasteiger charge is 2.21. The molecule has 1 saturated heterocycles. The number of epoxide rings is 1. The lowest BCUT2D eigenvalue weighted by Crippen LogP contribution is -2.06. The summed E-state index contributed by atoms with van der Waals surface area (Å²) in [6.07, 6.45) is 0.855. The molecule has 0 saturated carbocycles. The minimum Gasteiger partial charge on any atom is -0.429 e. The van der Waals surface area contributed by atoms with Crippen LogP contribution in [0.2, 0.25) is 0 Å². The Morgan fingerprint density at radius 3 is 3.25 bits per heavy atom. The Morgan fingerprint density at radius 1 is 2.00 bits per heavy atom. The summed E-state index contributed by atoms with van der Waals surface area (Å²) < 4.78 is 9.48. The smallest absolute Gasteiger partial charge is 0.371 e. The third-order valence-electron chi connectivity index (χ3n) is 0.836. The molecule has 1 aliphatic heterocycles. The number of carbonyl (C=O) groups excluding carboxylic acids is 1. The Hall–Kier alpha value is -0.345. The van der Waals surface area contributed by atoms with Gasteiger partial charge in [0.15, 0.2) is 0 Å². The summed E-state index contributed by atoms with van der Waals surface area (Å²) in [5.41, 5.74) is 0. The van der Waals surface area contributed by atoms with Crippen molar-refractivity contribution >= 4 is 13.7 Å². The zero-order valence-electron chi connectivity index (χ0n) is 4.37. The van der Waals surface area contributed by atoms with Crippen LogP contribution in [0.3, 0.4) is 0 Å². The first-order valence-corrected chi connectivity index (χ1v) is 2.43. The molecule has 1 radical (unpaired) electrons. The van der Waals surface area contributed by atoms with Gasteiger partial charge in [-0.2, -0.15) is 0 Å². The number of hydrogen-bond acceptors (Lipinski definition) is 3. The van der Waals surface area contributed by atoms with Crippen LogP contribution in [0.1, 0.15) is 0 Å². The third-order valence-corrected chi connectivity index (χ3v) is 0.836. The largest absolute Gasteiger partial charge is 0.429 e. The van der Waals surface area contributed by atoms with E-state index in [1.54, 1.807) is 0 Å². The van der Waals surface area contributed by atoms with E-state index in [9.17, 15) is 4.79 Å². The van der Waals surface area contributed by atoms with Crippen LogP contribution in [0.5, 0.6) is 0 Å². The van der Waals surface area contributed by atoms with Crippen molar-refractivity contribution in [2.45, 2.75) is 6.10 Å². The van der Waals surface area contributed by atoms with Gasteiger partial charge in [0.1, 0.15) is 12.3 Å². The van der Waals surface area contributed by atoms with Gasteiger partial charge in [-0.15, -0.1) is 0 Å². The van der Waals surface area contributed by atoms with Gasteiger partial charge in [0.2, 0.25) is 0 Å². The second-order valence-electron chi connectivity index (χ2n) is 1.56. The molecule has 0 N–H and O–H groups in total. The quantitative estimate of drug-likeness (QED) is 0.207. The van der Waals surface area contributed by atoms with E-state index in [1.165, 1.54) is 0 Å². The van der Waals surface area contributed by atoms with E-state index >= 15 is 0 Å².